The first-order chi connectivity index (χ1) is 12.1. The molecule has 2 fully saturated rings. The lowest BCUT2D eigenvalue weighted by molar-refractivity contribution is -0.153. The minimum atomic E-state index is -0.493. The highest BCUT2D eigenvalue weighted by Gasteiger charge is 2.33. The van der Waals surface area contributed by atoms with E-state index in [4.69, 9.17) is 9.47 Å². The van der Waals surface area contributed by atoms with Crippen LogP contribution in [0.4, 0.5) is 4.79 Å². The van der Waals surface area contributed by atoms with Crippen molar-refractivity contribution in [1.29, 1.82) is 0 Å². The zero-order valence-electron chi connectivity index (χ0n) is 15.2. The zero-order chi connectivity index (χ0) is 17.7. The Balaban J connectivity index is 1.39. The van der Waals surface area contributed by atoms with Crippen LogP contribution in [0.25, 0.3) is 0 Å². The highest BCUT2D eigenvalue weighted by atomic mass is 16.7. The Morgan fingerprint density at radius 1 is 1.32 bits per heavy atom. The lowest BCUT2D eigenvalue weighted by atomic mass is 9.90. The van der Waals surface area contributed by atoms with E-state index in [9.17, 15) is 4.79 Å². The van der Waals surface area contributed by atoms with Crippen LogP contribution in [-0.2, 0) is 9.47 Å². The van der Waals surface area contributed by atoms with Gasteiger partial charge in [0, 0.05) is 38.4 Å². The molecule has 2 amide bonds. The van der Waals surface area contributed by atoms with E-state index in [1.54, 1.807) is 0 Å². The van der Waals surface area contributed by atoms with Gasteiger partial charge in [-0.05, 0) is 49.3 Å². The molecule has 1 aromatic rings. The van der Waals surface area contributed by atoms with Crippen LogP contribution in [0.2, 0.25) is 0 Å². The summed E-state index contributed by atoms with van der Waals surface area (Å²) in [6, 6.07) is 4.20. The maximum Gasteiger partial charge on any atom is 0.317 e. The van der Waals surface area contributed by atoms with Crippen LogP contribution in [0.15, 0.2) is 24.5 Å². The Hall–Kier alpha value is -1.66. The third kappa shape index (κ3) is 4.92. The predicted octanol–water partition coefficient (Wildman–Crippen LogP) is 2.76. The second kappa shape index (κ2) is 8.15. The molecule has 0 spiro atoms. The van der Waals surface area contributed by atoms with Crippen molar-refractivity contribution in [3.63, 3.8) is 0 Å². The molecule has 0 aromatic carbocycles. The smallest absolute Gasteiger partial charge is 0.317 e. The minimum Gasteiger partial charge on any atom is -0.348 e. The summed E-state index contributed by atoms with van der Waals surface area (Å²) >= 11 is 0. The molecule has 2 saturated heterocycles. The van der Waals surface area contributed by atoms with E-state index in [0.717, 1.165) is 32.4 Å². The molecule has 1 aromatic heterocycles. The van der Waals surface area contributed by atoms with Gasteiger partial charge in [-0.15, -0.1) is 0 Å². The van der Waals surface area contributed by atoms with Crippen LogP contribution in [-0.4, -0.2) is 54.6 Å². The van der Waals surface area contributed by atoms with Crippen molar-refractivity contribution in [3.05, 3.63) is 30.1 Å². The molecule has 1 atom stereocenters. The Labute approximate surface area is 149 Å². The average Bonchev–Trinajstić information content (AvgIpc) is 3.06. The fourth-order valence-electron chi connectivity index (χ4n) is 3.80. The van der Waals surface area contributed by atoms with Crippen molar-refractivity contribution >= 4 is 6.03 Å². The van der Waals surface area contributed by atoms with Gasteiger partial charge in [-0.3, -0.25) is 4.98 Å². The normalized spacial score (nSPS) is 21.9. The molecule has 6 heteroatoms. The van der Waals surface area contributed by atoms with E-state index < -0.39 is 5.79 Å². The number of piperidine rings is 1. The predicted molar refractivity (Wildman–Crippen MR) is 95.3 cm³/mol. The first-order valence-corrected chi connectivity index (χ1v) is 9.26. The zero-order valence-corrected chi connectivity index (χ0v) is 15.2. The van der Waals surface area contributed by atoms with Gasteiger partial charge in [-0.1, -0.05) is 6.92 Å². The number of nitrogens with zero attached hydrogens (tertiary/aromatic N) is 2. The molecule has 3 rings (SSSR count). The lowest BCUT2D eigenvalue weighted by Crippen LogP contribution is -2.45. The molecule has 3 heterocycles. The molecule has 6 nitrogen and oxygen atoms in total. The number of pyridine rings is 1. The number of hydrogen-bond donors (Lipinski definition) is 1. The number of ether oxygens (including phenoxy) is 2. The molecule has 25 heavy (non-hydrogen) atoms. The van der Waals surface area contributed by atoms with Crippen LogP contribution in [0.1, 0.15) is 44.6 Å². The molecule has 2 aliphatic rings. The maximum absolute atomic E-state index is 12.4. The summed E-state index contributed by atoms with van der Waals surface area (Å²) in [7, 11) is 0. The maximum atomic E-state index is 12.4. The molecular weight excluding hydrogens is 318 g/mol. The van der Waals surface area contributed by atoms with Gasteiger partial charge in [0.2, 0.25) is 0 Å². The van der Waals surface area contributed by atoms with E-state index in [1.165, 1.54) is 5.56 Å². The Morgan fingerprint density at radius 2 is 1.96 bits per heavy atom. The lowest BCUT2D eigenvalue weighted by Gasteiger charge is -2.33. The van der Waals surface area contributed by atoms with Crippen molar-refractivity contribution in [2.24, 2.45) is 5.92 Å². The van der Waals surface area contributed by atoms with Crippen LogP contribution in [0.5, 0.6) is 0 Å². The molecule has 1 N–H and O–H groups in total. The largest absolute Gasteiger partial charge is 0.348 e. The monoisotopic (exact) mass is 347 g/mol. The summed E-state index contributed by atoms with van der Waals surface area (Å²) in [5.74, 6) is 0.344. The SMILES string of the molecule is C[C@H](CNC(=O)N1CCC(c2ccncc2)CC1)CC1(C)OCCO1. The van der Waals surface area contributed by atoms with Crippen LogP contribution >= 0.6 is 0 Å². The van der Waals surface area contributed by atoms with Gasteiger partial charge in [0.15, 0.2) is 5.79 Å². The molecule has 0 radical (unpaired) electrons. The fraction of sp³-hybridized carbons (Fsp3) is 0.684. The molecule has 0 aliphatic carbocycles. The number of rotatable bonds is 5. The van der Waals surface area contributed by atoms with Gasteiger partial charge in [0.25, 0.3) is 0 Å². The highest BCUT2D eigenvalue weighted by Crippen LogP contribution is 2.28. The van der Waals surface area contributed by atoms with Gasteiger partial charge in [-0.2, -0.15) is 0 Å². The summed E-state index contributed by atoms with van der Waals surface area (Å²) in [6.07, 6.45) is 6.49. The number of likely N-dealkylation sites (tertiary alicyclic amines) is 1. The highest BCUT2D eigenvalue weighted by molar-refractivity contribution is 5.74. The number of amides is 2. The quantitative estimate of drug-likeness (QED) is 0.889. The summed E-state index contributed by atoms with van der Waals surface area (Å²) in [5.41, 5.74) is 1.33. The third-order valence-corrected chi connectivity index (χ3v) is 5.18. The molecule has 0 bridgehead atoms. The Bertz CT molecular complexity index is 552. The third-order valence-electron chi connectivity index (χ3n) is 5.18. The molecule has 0 saturated carbocycles. The average molecular weight is 347 g/mol. The van der Waals surface area contributed by atoms with Crippen LogP contribution < -0.4 is 5.32 Å². The van der Waals surface area contributed by atoms with E-state index in [-0.39, 0.29) is 6.03 Å². The Kier molecular flexibility index (Phi) is 5.91. The van der Waals surface area contributed by atoms with Gasteiger partial charge >= 0.3 is 6.03 Å². The molecular formula is C19H29N3O3. The number of carbonyl (C=O) groups is 1. The van der Waals surface area contributed by atoms with E-state index in [0.29, 0.717) is 31.6 Å². The Morgan fingerprint density at radius 3 is 2.60 bits per heavy atom. The standard InChI is InChI=1S/C19H29N3O3/c1-15(13-19(2)24-11-12-25-19)14-21-18(23)22-9-5-17(6-10-22)16-3-7-20-8-4-16/h3-4,7-8,15,17H,5-6,9-14H2,1-2H3,(H,21,23)/t15-/m0/s1. The second-order valence-electron chi connectivity index (χ2n) is 7.37. The first-order valence-electron chi connectivity index (χ1n) is 9.26. The summed E-state index contributed by atoms with van der Waals surface area (Å²) in [5, 5.41) is 3.06. The van der Waals surface area contributed by atoms with Crippen molar-refractivity contribution < 1.29 is 14.3 Å². The van der Waals surface area contributed by atoms with Crippen LogP contribution in [0.3, 0.4) is 0 Å². The summed E-state index contributed by atoms with van der Waals surface area (Å²) in [6.45, 7) is 7.65. The number of hydrogen-bond acceptors (Lipinski definition) is 4. The van der Waals surface area contributed by atoms with Crippen molar-refractivity contribution in [3.8, 4) is 0 Å². The second-order valence-corrected chi connectivity index (χ2v) is 7.37. The number of urea groups is 1. The number of aromatic nitrogens is 1. The number of nitrogens with one attached hydrogen (secondary N) is 1. The molecule has 2 aliphatic heterocycles. The van der Waals surface area contributed by atoms with Crippen molar-refractivity contribution in [1.82, 2.24) is 15.2 Å². The first kappa shape index (κ1) is 18.1. The van der Waals surface area contributed by atoms with Crippen molar-refractivity contribution in [2.75, 3.05) is 32.8 Å². The topological polar surface area (TPSA) is 63.7 Å². The molecule has 0 unspecified atom stereocenters. The summed E-state index contributed by atoms with van der Waals surface area (Å²) in [4.78, 5) is 18.4. The van der Waals surface area contributed by atoms with E-state index in [1.807, 2.05) is 24.2 Å². The fourth-order valence-corrected chi connectivity index (χ4v) is 3.80. The minimum absolute atomic E-state index is 0.0402. The van der Waals surface area contributed by atoms with E-state index in [2.05, 4.69) is 29.4 Å². The van der Waals surface area contributed by atoms with Gasteiger partial charge < -0.3 is 19.7 Å². The van der Waals surface area contributed by atoms with Crippen molar-refractivity contribution in [2.45, 2.75) is 44.8 Å². The van der Waals surface area contributed by atoms with Crippen LogP contribution in [0, 0.1) is 5.92 Å². The van der Waals surface area contributed by atoms with E-state index >= 15 is 0 Å². The van der Waals surface area contributed by atoms with Gasteiger partial charge in [-0.25, -0.2) is 4.79 Å². The van der Waals surface area contributed by atoms with Gasteiger partial charge in [0.1, 0.15) is 0 Å². The summed E-state index contributed by atoms with van der Waals surface area (Å²) < 4.78 is 11.3. The molecule has 138 valence electrons. The number of carbonyl (C=O) groups excluding carboxylic acids is 1. The van der Waals surface area contributed by atoms with Gasteiger partial charge in [0.05, 0.1) is 13.2 Å².